The lowest BCUT2D eigenvalue weighted by Crippen LogP contribution is -2.09. The van der Waals surface area contributed by atoms with Crippen molar-refractivity contribution in [2.45, 2.75) is 49.3 Å². The van der Waals surface area contributed by atoms with E-state index in [9.17, 15) is 0 Å². The topological polar surface area (TPSA) is 43.1 Å². The molecule has 1 fully saturated rings. The van der Waals surface area contributed by atoms with Crippen LogP contribution in [0.4, 0.5) is 0 Å². The standard InChI is InChI=1S/C16H18N4S/c1-11-18-19-15-16(21-12-7-3-2-4-8-12)17-13-9-5-6-10-14(13)20(11)15/h5-6,9-10,12H,2-4,7-8H2,1H3. The Labute approximate surface area is 128 Å². The summed E-state index contributed by atoms with van der Waals surface area (Å²) in [5.41, 5.74) is 3.01. The Morgan fingerprint density at radius 1 is 1.10 bits per heavy atom. The van der Waals surface area contributed by atoms with Crippen molar-refractivity contribution in [1.29, 1.82) is 0 Å². The number of benzene rings is 1. The summed E-state index contributed by atoms with van der Waals surface area (Å²) in [5, 5.41) is 10.3. The second-order valence-electron chi connectivity index (χ2n) is 5.69. The number of aromatic nitrogens is 4. The normalized spacial score (nSPS) is 16.8. The maximum absolute atomic E-state index is 4.85. The molecular formula is C16H18N4S. The smallest absolute Gasteiger partial charge is 0.193 e. The summed E-state index contributed by atoms with van der Waals surface area (Å²) in [7, 11) is 0. The highest BCUT2D eigenvalue weighted by molar-refractivity contribution is 8.00. The molecule has 0 atom stereocenters. The van der Waals surface area contributed by atoms with Gasteiger partial charge in [0.15, 0.2) is 5.65 Å². The average molecular weight is 298 g/mol. The Bertz CT molecular complexity index is 789. The van der Waals surface area contributed by atoms with Gasteiger partial charge in [0.2, 0.25) is 0 Å². The highest BCUT2D eigenvalue weighted by atomic mass is 32.2. The quantitative estimate of drug-likeness (QED) is 0.717. The van der Waals surface area contributed by atoms with Crippen LogP contribution in [0.25, 0.3) is 16.7 Å². The molecule has 1 saturated carbocycles. The molecule has 108 valence electrons. The number of fused-ring (bicyclic) bond motifs is 3. The van der Waals surface area contributed by atoms with Gasteiger partial charge >= 0.3 is 0 Å². The Balaban J connectivity index is 1.86. The molecule has 1 aromatic carbocycles. The molecule has 1 aliphatic carbocycles. The predicted octanol–water partition coefficient (Wildman–Crippen LogP) is 4.01. The molecule has 4 rings (SSSR count). The number of para-hydroxylation sites is 2. The van der Waals surface area contributed by atoms with Gasteiger partial charge in [-0.1, -0.05) is 43.2 Å². The van der Waals surface area contributed by atoms with Crippen LogP contribution < -0.4 is 0 Å². The molecular weight excluding hydrogens is 280 g/mol. The fraction of sp³-hybridized carbons (Fsp3) is 0.438. The first-order chi connectivity index (χ1) is 10.3. The van der Waals surface area contributed by atoms with Crippen LogP contribution in [-0.4, -0.2) is 24.8 Å². The number of aryl methyl sites for hydroxylation is 1. The molecule has 0 spiro atoms. The van der Waals surface area contributed by atoms with Crippen LogP contribution in [0.5, 0.6) is 0 Å². The van der Waals surface area contributed by atoms with Gasteiger partial charge in [0, 0.05) is 5.25 Å². The molecule has 2 aromatic heterocycles. The van der Waals surface area contributed by atoms with Crippen molar-refractivity contribution in [3.8, 4) is 0 Å². The number of hydrogen-bond donors (Lipinski definition) is 0. The minimum atomic E-state index is 0.674. The molecule has 4 nitrogen and oxygen atoms in total. The fourth-order valence-corrected chi connectivity index (χ4v) is 4.39. The minimum Gasteiger partial charge on any atom is -0.275 e. The number of rotatable bonds is 2. The summed E-state index contributed by atoms with van der Waals surface area (Å²) < 4.78 is 2.13. The van der Waals surface area contributed by atoms with E-state index in [-0.39, 0.29) is 0 Å². The lowest BCUT2D eigenvalue weighted by Gasteiger charge is -2.20. The molecule has 0 saturated heterocycles. The molecule has 0 radical (unpaired) electrons. The van der Waals surface area contributed by atoms with E-state index in [1.165, 1.54) is 32.1 Å². The van der Waals surface area contributed by atoms with Crippen LogP contribution in [-0.2, 0) is 0 Å². The van der Waals surface area contributed by atoms with Crippen LogP contribution >= 0.6 is 11.8 Å². The summed E-state index contributed by atoms with van der Waals surface area (Å²) in [6, 6.07) is 8.23. The first-order valence-corrected chi connectivity index (χ1v) is 8.48. The van der Waals surface area contributed by atoms with Crippen LogP contribution in [0.1, 0.15) is 37.9 Å². The molecule has 0 N–H and O–H groups in total. The van der Waals surface area contributed by atoms with Crippen LogP contribution in [0.3, 0.4) is 0 Å². The van der Waals surface area contributed by atoms with E-state index in [0.717, 1.165) is 27.5 Å². The van der Waals surface area contributed by atoms with Crippen molar-refractivity contribution in [2.75, 3.05) is 0 Å². The predicted molar refractivity (Wildman–Crippen MR) is 85.8 cm³/mol. The summed E-state index contributed by atoms with van der Waals surface area (Å²) in [6.07, 6.45) is 6.64. The van der Waals surface area contributed by atoms with Crippen LogP contribution in [0.2, 0.25) is 0 Å². The largest absolute Gasteiger partial charge is 0.275 e. The summed E-state index contributed by atoms with van der Waals surface area (Å²) >= 11 is 1.89. The molecule has 21 heavy (non-hydrogen) atoms. The van der Waals surface area contributed by atoms with Crippen molar-refractivity contribution < 1.29 is 0 Å². The van der Waals surface area contributed by atoms with Crippen molar-refractivity contribution in [1.82, 2.24) is 19.6 Å². The summed E-state index contributed by atoms with van der Waals surface area (Å²) in [4.78, 5) is 4.85. The monoisotopic (exact) mass is 298 g/mol. The third-order valence-corrected chi connectivity index (χ3v) is 5.49. The van der Waals surface area contributed by atoms with E-state index in [1.807, 2.05) is 30.8 Å². The number of thioether (sulfide) groups is 1. The molecule has 5 heteroatoms. The van der Waals surface area contributed by atoms with Gasteiger partial charge < -0.3 is 0 Å². The second-order valence-corrected chi connectivity index (χ2v) is 6.98. The molecule has 2 heterocycles. The van der Waals surface area contributed by atoms with E-state index in [4.69, 9.17) is 4.98 Å². The highest BCUT2D eigenvalue weighted by Crippen LogP contribution is 2.35. The maximum atomic E-state index is 4.85. The average Bonchev–Trinajstić information content (AvgIpc) is 2.91. The van der Waals surface area contributed by atoms with Gasteiger partial charge in [-0.3, -0.25) is 4.40 Å². The Morgan fingerprint density at radius 2 is 1.90 bits per heavy atom. The highest BCUT2D eigenvalue weighted by Gasteiger charge is 2.19. The third kappa shape index (κ3) is 2.29. The lowest BCUT2D eigenvalue weighted by atomic mass is 10.0. The second kappa shape index (κ2) is 5.30. The SMILES string of the molecule is Cc1nnc2c(SC3CCCCC3)nc3ccccc3n12. The zero-order valence-corrected chi connectivity index (χ0v) is 12.9. The van der Waals surface area contributed by atoms with E-state index in [2.05, 4.69) is 26.7 Å². The van der Waals surface area contributed by atoms with Gasteiger partial charge in [-0.05, 0) is 31.9 Å². The van der Waals surface area contributed by atoms with Gasteiger partial charge in [0.1, 0.15) is 10.9 Å². The maximum Gasteiger partial charge on any atom is 0.193 e. The minimum absolute atomic E-state index is 0.674. The Kier molecular flexibility index (Phi) is 3.30. The zero-order chi connectivity index (χ0) is 14.2. The van der Waals surface area contributed by atoms with Crippen molar-refractivity contribution in [3.63, 3.8) is 0 Å². The van der Waals surface area contributed by atoms with E-state index >= 15 is 0 Å². The molecule has 0 bridgehead atoms. The Hall–Kier alpha value is -1.62. The molecule has 0 unspecified atom stereocenters. The fourth-order valence-electron chi connectivity index (χ4n) is 3.12. The van der Waals surface area contributed by atoms with Crippen molar-refractivity contribution in [3.05, 3.63) is 30.1 Å². The number of hydrogen-bond acceptors (Lipinski definition) is 4. The van der Waals surface area contributed by atoms with Gasteiger partial charge in [-0.25, -0.2) is 4.98 Å². The van der Waals surface area contributed by atoms with Crippen LogP contribution in [0.15, 0.2) is 29.3 Å². The van der Waals surface area contributed by atoms with Gasteiger partial charge in [-0.2, -0.15) is 0 Å². The van der Waals surface area contributed by atoms with E-state index in [0.29, 0.717) is 5.25 Å². The van der Waals surface area contributed by atoms with Crippen LogP contribution in [0, 0.1) is 6.92 Å². The molecule has 0 amide bonds. The summed E-state index contributed by atoms with van der Waals surface area (Å²) in [5.74, 6) is 0.925. The van der Waals surface area contributed by atoms with Crippen molar-refractivity contribution in [2.24, 2.45) is 0 Å². The van der Waals surface area contributed by atoms with Gasteiger partial charge in [-0.15, -0.1) is 10.2 Å². The van der Waals surface area contributed by atoms with E-state index in [1.54, 1.807) is 0 Å². The first-order valence-electron chi connectivity index (χ1n) is 7.60. The first kappa shape index (κ1) is 13.1. The number of nitrogens with zero attached hydrogens (tertiary/aromatic N) is 4. The van der Waals surface area contributed by atoms with Crippen molar-refractivity contribution >= 4 is 28.4 Å². The molecule has 1 aliphatic rings. The van der Waals surface area contributed by atoms with Gasteiger partial charge in [0.05, 0.1) is 11.0 Å². The molecule has 3 aromatic rings. The van der Waals surface area contributed by atoms with Gasteiger partial charge in [0.25, 0.3) is 0 Å². The lowest BCUT2D eigenvalue weighted by molar-refractivity contribution is 0.516. The van der Waals surface area contributed by atoms with E-state index < -0.39 is 0 Å². The Morgan fingerprint density at radius 3 is 2.76 bits per heavy atom. The molecule has 0 aliphatic heterocycles. The summed E-state index contributed by atoms with van der Waals surface area (Å²) in [6.45, 7) is 2.00. The zero-order valence-electron chi connectivity index (χ0n) is 12.1. The third-order valence-electron chi connectivity index (χ3n) is 4.19.